The van der Waals surface area contributed by atoms with Crippen molar-refractivity contribution in [2.75, 3.05) is 23.5 Å². The standard InChI is InChI=1S/C4H10O7S3/c1-12(5,6)3-11-14(9,10)4-13(2,7)8/h3-4H2,1-2H3. The Balaban J connectivity index is 4.55. The van der Waals surface area contributed by atoms with E-state index in [9.17, 15) is 25.3 Å². The van der Waals surface area contributed by atoms with Crippen LogP contribution < -0.4 is 0 Å². The molecular weight excluding hydrogens is 256 g/mol. The average molecular weight is 266 g/mol. The zero-order chi connectivity index (χ0) is 11.6. The maximum absolute atomic E-state index is 10.8. The molecule has 0 amide bonds. The molecule has 0 aromatic heterocycles. The van der Waals surface area contributed by atoms with Crippen molar-refractivity contribution in [1.29, 1.82) is 0 Å². The van der Waals surface area contributed by atoms with Crippen LogP contribution in [0.2, 0.25) is 0 Å². The minimum absolute atomic E-state index is 0.703. The predicted molar refractivity (Wildman–Crippen MR) is 49.4 cm³/mol. The Hall–Kier alpha value is -0.190. The summed E-state index contributed by atoms with van der Waals surface area (Å²) in [6.45, 7) is 0. The molecule has 0 rings (SSSR count). The summed E-state index contributed by atoms with van der Waals surface area (Å²) in [4.78, 5) is 0. The minimum atomic E-state index is -4.34. The van der Waals surface area contributed by atoms with Crippen molar-refractivity contribution in [3.05, 3.63) is 0 Å². The fourth-order valence-electron chi connectivity index (χ4n) is 0.457. The Morgan fingerprint density at radius 2 is 1.29 bits per heavy atom. The van der Waals surface area contributed by atoms with E-state index in [0.29, 0.717) is 6.26 Å². The first-order valence-electron chi connectivity index (χ1n) is 3.14. The summed E-state index contributed by atoms with van der Waals surface area (Å²) in [6, 6.07) is 0. The van der Waals surface area contributed by atoms with E-state index in [2.05, 4.69) is 4.18 Å². The first-order chi connectivity index (χ1) is 5.91. The molecule has 14 heavy (non-hydrogen) atoms. The lowest BCUT2D eigenvalue weighted by Crippen LogP contribution is -2.20. The molecule has 0 aliphatic rings. The van der Waals surface area contributed by atoms with Crippen molar-refractivity contribution in [1.82, 2.24) is 0 Å². The molecule has 0 aliphatic heterocycles. The minimum Gasteiger partial charge on any atom is -0.253 e. The number of rotatable bonds is 5. The molecule has 0 heterocycles. The van der Waals surface area contributed by atoms with Gasteiger partial charge in [-0.15, -0.1) is 0 Å². The van der Waals surface area contributed by atoms with Crippen LogP contribution in [0.15, 0.2) is 0 Å². The van der Waals surface area contributed by atoms with Crippen LogP contribution in [-0.2, 0) is 34.0 Å². The molecule has 0 saturated carbocycles. The second kappa shape index (κ2) is 4.13. The molecule has 0 aliphatic carbocycles. The lowest BCUT2D eigenvalue weighted by atomic mass is 11.7. The molecule has 0 bridgehead atoms. The van der Waals surface area contributed by atoms with Gasteiger partial charge in [-0.1, -0.05) is 0 Å². The zero-order valence-corrected chi connectivity index (χ0v) is 9.95. The van der Waals surface area contributed by atoms with Crippen molar-refractivity contribution in [3.8, 4) is 0 Å². The van der Waals surface area contributed by atoms with Gasteiger partial charge in [-0.3, -0.25) is 4.18 Å². The van der Waals surface area contributed by atoms with Gasteiger partial charge in [0.15, 0.2) is 30.7 Å². The first-order valence-corrected chi connectivity index (χ1v) is 8.84. The highest BCUT2D eigenvalue weighted by Crippen LogP contribution is 2.00. The molecule has 0 saturated heterocycles. The van der Waals surface area contributed by atoms with Gasteiger partial charge in [0.05, 0.1) is 0 Å². The third kappa shape index (κ3) is 8.41. The Bertz CT molecular complexity index is 479. The Kier molecular flexibility index (Phi) is 4.07. The second-order valence-corrected chi connectivity index (χ2v) is 9.00. The van der Waals surface area contributed by atoms with Crippen molar-refractivity contribution in [2.45, 2.75) is 0 Å². The largest absolute Gasteiger partial charge is 0.282 e. The third-order valence-corrected chi connectivity index (χ3v) is 4.84. The van der Waals surface area contributed by atoms with E-state index in [4.69, 9.17) is 0 Å². The lowest BCUT2D eigenvalue weighted by Gasteiger charge is -2.02. The van der Waals surface area contributed by atoms with Crippen LogP contribution in [0.3, 0.4) is 0 Å². The third-order valence-electron chi connectivity index (χ3n) is 0.800. The molecule has 10 heteroatoms. The molecule has 0 aromatic rings. The van der Waals surface area contributed by atoms with Crippen molar-refractivity contribution < 1.29 is 29.4 Å². The predicted octanol–water partition coefficient (Wildman–Crippen LogP) is -1.66. The molecule has 86 valence electrons. The van der Waals surface area contributed by atoms with Gasteiger partial charge in [-0.05, 0) is 0 Å². The van der Waals surface area contributed by atoms with Crippen molar-refractivity contribution in [2.24, 2.45) is 0 Å². The van der Waals surface area contributed by atoms with Gasteiger partial charge in [-0.2, -0.15) is 8.42 Å². The average Bonchev–Trinajstić information content (AvgIpc) is 1.76. The summed E-state index contributed by atoms with van der Waals surface area (Å²) in [7, 11) is -11.7. The molecule has 0 N–H and O–H groups in total. The molecule has 7 nitrogen and oxygen atoms in total. The van der Waals surface area contributed by atoms with Crippen LogP contribution in [0.1, 0.15) is 0 Å². The molecule has 0 aromatic carbocycles. The summed E-state index contributed by atoms with van der Waals surface area (Å²) in [6.07, 6.45) is 1.47. The van der Waals surface area contributed by atoms with Crippen LogP contribution in [0, 0.1) is 0 Å². The highest BCUT2D eigenvalue weighted by Gasteiger charge is 2.20. The van der Waals surface area contributed by atoms with Crippen LogP contribution in [0.25, 0.3) is 0 Å². The Labute approximate surface area is 83.0 Å². The van der Waals surface area contributed by atoms with E-state index >= 15 is 0 Å². The van der Waals surface area contributed by atoms with Gasteiger partial charge in [0.2, 0.25) is 0 Å². The molecule has 0 atom stereocenters. The van der Waals surface area contributed by atoms with E-state index < -0.39 is 40.8 Å². The fourth-order valence-corrected chi connectivity index (χ4v) is 4.11. The summed E-state index contributed by atoms with van der Waals surface area (Å²) in [5.74, 6) is -1.05. The van der Waals surface area contributed by atoms with Crippen molar-refractivity contribution in [3.63, 3.8) is 0 Å². The highest BCUT2D eigenvalue weighted by atomic mass is 32.3. The smallest absolute Gasteiger partial charge is 0.253 e. The maximum atomic E-state index is 10.8. The highest BCUT2D eigenvalue weighted by molar-refractivity contribution is 8.05. The van der Waals surface area contributed by atoms with Crippen molar-refractivity contribution >= 4 is 29.8 Å². The number of hydrogen-bond acceptors (Lipinski definition) is 7. The van der Waals surface area contributed by atoms with E-state index in [0.717, 1.165) is 6.26 Å². The maximum Gasteiger partial charge on any atom is 0.282 e. The van der Waals surface area contributed by atoms with Gasteiger partial charge >= 0.3 is 0 Å². The Morgan fingerprint density at radius 3 is 1.57 bits per heavy atom. The van der Waals surface area contributed by atoms with Gasteiger partial charge in [0.25, 0.3) is 10.1 Å². The second-order valence-electron chi connectivity index (χ2n) is 2.76. The van der Waals surface area contributed by atoms with Crippen LogP contribution in [0.4, 0.5) is 0 Å². The quantitative estimate of drug-likeness (QED) is 0.547. The van der Waals surface area contributed by atoms with Crippen LogP contribution in [0.5, 0.6) is 0 Å². The molecule has 0 unspecified atom stereocenters. The summed E-state index contributed by atoms with van der Waals surface area (Å²) in [5.41, 5.74) is 0. The normalized spacial score (nSPS) is 14.1. The zero-order valence-electron chi connectivity index (χ0n) is 7.50. The van der Waals surface area contributed by atoms with E-state index in [-0.39, 0.29) is 0 Å². The fraction of sp³-hybridized carbons (Fsp3) is 1.00. The van der Waals surface area contributed by atoms with Gasteiger partial charge in [0, 0.05) is 12.5 Å². The van der Waals surface area contributed by atoms with Gasteiger partial charge in [-0.25, -0.2) is 16.8 Å². The number of hydrogen-bond donors (Lipinski definition) is 0. The topological polar surface area (TPSA) is 112 Å². The molecule has 0 spiro atoms. The Morgan fingerprint density at radius 1 is 0.857 bits per heavy atom. The van der Waals surface area contributed by atoms with Crippen LogP contribution >= 0.6 is 0 Å². The first kappa shape index (κ1) is 13.8. The van der Waals surface area contributed by atoms with E-state index in [1.807, 2.05) is 0 Å². The van der Waals surface area contributed by atoms with Gasteiger partial charge in [0.1, 0.15) is 0 Å². The number of sulfone groups is 2. The monoisotopic (exact) mass is 266 g/mol. The summed E-state index contributed by atoms with van der Waals surface area (Å²) in [5, 5.41) is -1.23. The SMILES string of the molecule is CS(=O)(=O)COS(=O)(=O)CS(C)(=O)=O. The summed E-state index contributed by atoms with van der Waals surface area (Å²) >= 11 is 0. The lowest BCUT2D eigenvalue weighted by molar-refractivity contribution is 0.372. The molecule has 0 radical (unpaired) electrons. The molecular formula is C4H10O7S3. The van der Waals surface area contributed by atoms with Gasteiger partial charge < -0.3 is 0 Å². The van der Waals surface area contributed by atoms with E-state index in [1.54, 1.807) is 0 Å². The molecule has 0 fully saturated rings. The van der Waals surface area contributed by atoms with E-state index in [1.165, 1.54) is 0 Å². The summed E-state index contributed by atoms with van der Waals surface area (Å²) < 4.78 is 67.8. The van der Waals surface area contributed by atoms with Crippen LogP contribution in [-0.4, -0.2) is 48.8 Å².